The molecule has 4 nitrogen and oxygen atoms in total. The average molecular weight is 423 g/mol. The molecule has 1 unspecified atom stereocenters. The Morgan fingerprint density at radius 1 is 1.13 bits per heavy atom. The topological polar surface area (TPSA) is 34.1 Å². The van der Waals surface area contributed by atoms with E-state index >= 15 is 0 Å². The summed E-state index contributed by atoms with van der Waals surface area (Å²) in [5, 5.41) is 0. The van der Waals surface area contributed by atoms with Crippen molar-refractivity contribution in [3.63, 3.8) is 0 Å². The van der Waals surface area contributed by atoms with E-state index in [1.807, 2.05) is 36.5 Å². The Labute approximate surface area is 188 Å². The monoisotopic (exact) mass is 422 g/mol. The van der Waals surface area contributed by atoms with Gasteiger partial charge >= 0.3 is 0 Å². The molecule has 0 saturated heterocycles. The van der Waals surface area contributed by atoms with Crippen LogP contribution in [0.15, 0.2) is 54.0 Å². The molecule has 4 heteroatoms. The van der Waals surface area contributed by atoms with Gasteiger partial charge in [-0.15, -0.1) is 6.58 Å². The number of nitrogens with zero attached hydrogens (tertiary/aromatic N) is 2. The first-order valence-electron chi connectivity index (χ1n) is 11.2. The molecule has 0 aliphatic heterocycles. The van der Waals surface area contributed by atoms with Gasteiger partial charge in [0, 0.05) is 20.2 Å². The van der Waals surface area contributed by atoms with Gasteiger partial charge in [-0.3, -0.25) is 0 Å². The van der Waals surface area contributed by atoms with Crippen LogP contribution in [0, 0.1) is 13.8 Å². The highest BCUT2D eigenvalue weighted by atomic mass is 16.5. The minimum Gasteiger partial charge on any atom is -0.457 e. The molecule has 2 aromatic carbocycles. The smallest absolute Gasteiger partial charge is 0.130 e. The molecular weight excluding hydrogens is 384 g/mol. The van der Waals surface area contributed by atoms with E-state index in [-0.39, 0.29) is 0 Å². The molecule has 0 aliphatic rings. The molecule has 0 spiro atoms. The van der Waals surface area contributed by atoms with Gasteiger partial charge in [0.1, 0.15) is 11.5 Å². The van der Waals surface area contributed by atoms with Crippen molar-refractivity contribution in [3.8, 4) is 11.5 Å². The first-order valence-corrected chi connectivity index (χ1v) is 11.2. The van der Waals surface area contributed by atoms with Crippen molar-refractivity contribution in [1.29, 1.82) is 0 Å². The van der Waals surface area contributed by atoms with Crippen molar-refractivity contribution in [2.45, 2.75) is 59.5 Å². The van der Waals surface area contributed by atoms with Gasteiger partial charge in [-0.2, -0.15) is 0 Å². The maximum absolute atomic E-state index is 6.29. The maximum Gasteiger partial charge on any atom is 0.130 e. The van der Waals surface area contributed by atoms with Crippen LogP contribution < -0.4 is 4.74 Å². The zero-order chi connectivity index (χ0) is 22.9. The molecule has 0 amide bonds. The Kier molecular flexibility index (Phi) is 9.32. The first-order chi connectivity index (χ1) is 14.8. The summed E-state index contributed by atoms with van der Waals surface area (Å²) in [5.41, 5.74) is 3.78. The Morgan fingerprint density at radius 3 is 2.58 bits per heavy atom. The molecule has 0 aliphatic carbocycles. The van der Waals surface area contributed by atoms with Crippen LogP contribution in [0.3, 0.4) is 0 Å². The number of aliphatic imine (C=N–C) groups is 1. The van der Waals surface area contributed by atoms with E-state index in [4.69, 9.17) is 9.47 Å². The van der Waals surface area contributed by atoms with Crippen LogP contribution in [0.1, 0.15) is 56.7 Å². The fraction of sp³-hybridized carbons (Fsp3) is 0.444. The quantitative estimate of drug-likeness (QED) is 0.156. The molecule has 0 saturated carbocycles. The molecule has 31 heavy (non-hydrogen) atoms. The summed E-state index contributed by atoms with van der Waals surface area (Å²) in [4.78, 5) is 6.66. The molecular formula is C27H38N2O2. The second kappa shape index (κ2) is 11.7. The molecule has 2 rings (SSSR count). The van der Waals surface area contributed by atoms with Gasteiger partial charge < -0.3 is 14.4 Å². The molecule has 0 N–H and O–H groups in total. The fourth-order valence-electron chi connectivity index (χ4n) is 3.26. The van der Waals surface area contributed by atoms with Crippen LogP contribution in [0.4, 0.5) is 5.69 Å². The van der Waals surface area contributed by atoms with Gasteiger partial charge in [-0.25, -0.2) is 4.99 Å². The van der Waals surface area contributed by atoms with Gasteiger partial charge in [-0.1, -0.05) is 31.6 Å². The minimum absolute atomic E-state index is 0.412. The van der Waals surface area contributed by atoms with Crippen LogP contribution >= 0.6 is 0 Å². The number of aryl methyl sites for hydroxylation is 2. The highest BCUT2D eigenvalue weighted by Crippen LogP contribution is 2.35. The largest absolute Gasteiger partial charge is 0.457 e. The zero-order valence-electron chi connectivity index (χ0n) is 20.1. The predicted molar refractivity (Wildman–Crippen MR) is 132 cm³/mol. The summed E-state index contributed by atoms with van der Waals surface area (Å²) in [6, 6.07) is 12.3. The minimum atomic E-state index is -0.412. The highest BCUT2D eigenvalue weighted by Gasteiger charge is 2.26. The summed E-state index contributed by atoms with van der Waals surface area (Å²) in [6.07, 6.45) is 6.69. The van der Waals surface area contributed by atoms with E-state index in [2.05, 4.69) is 70.5 Å². The van der Waals surface area contributed by atoms with Crippen molar-refractivity contribution >= 4 is 12.0 Å². The van der Waals surface area contributed by atoms with E-state index in [0.29, 0.717) is 0 Å². The van der Waals surface area contributed by atoms with Gasteiger partial charge in [0.15, 0.2) is 0 Å². The summed E-state index contributed by atoms with van der Waals surface area (Å²) in [6.45, 7) is 16.1. The van der Waals surface area contributed by atoms with E-state index < -0.39 is 5.60 Å². The van der Waals surface area contributed by atoms with Crippen molar-refractivity contribution in [2.24, 2.45) is 4.99 Å². The lowest BCUT2D eigenvalue weighted by Crippen LogP contribution is -2.26. The summed E-state index contributed by atoms with van der Waals surface area (Å²) in [5.74, 6) is 1.64. The number of hydrogen-bond acceptors (Lipinski definition) is 3. The summed E-state index contributed by atoms with van der Waals surface area (Å²) in [7, 11) is 2.02. The van der Waals surface area contributed by atoms with E-state index in [1.165, 1.54) is 0 Å². The van der Waals surface area contributed by atoms with Crippen LogP contribution in [-0.2, 0) is 10.3 Å². The van der Waals surface area contributed by atoms with E-state index in [0.717, 1.165) is 66.3 Å². The Morgan fingerprint density at radius 2 is 1.90 bits per heavy atom. The van der Waals surface area contributed by atoms with Crippen LogP contribution in [0.5, 0.6) is 11.5 Å². The SMILES string of the molecule is C=CCC(C)(OCCCC)c1cccc(Oc2cc(C)c(N=CN(C)CC)cc2C)c1. The third kappa shape index (κ3) is 6.96. The number of benzene rings is 2. The molecule has 1 atom stereocenters. The third-order valence-electron chi connectivity index (χ3n) is 5.51. The van der Waals surface area contributed by atoms with Gasteiger partial charge in [0.05, 0.1) is 17.6 Å². The summed E-state index contributed by atoms with van der Waals surface area (Å²) < 4.78 is 12.6. The van der Waals surface area contributed by atoms with Gasteiger partial charge in [0.2, 0.25) is 0 Å². The molecule has 0 fully saturated rings. The molecule has 0 bridgehead atoms. The third-order valence-corrected chi connectivity index (χ3v) is 5.51. The predicted octanol–water partition coefficient (Wildman–Crippen LogP) is 7.32. The Bertz CT molecular complexity index is 891. The van der Waals surface area contributed by atoms with Crippen molar-refractivity contribution < 1.29 is 9.47 Å². The molecule has 0 heterocycles. The lowest BCUT2D eigenvalue weighted by Gasteiger charge is -2.30. The van der Waals surface area contributed by atoms with E-state index in [1.54, 1.807) is 0 Å². The normalized spacial score (nSPS) is 13.2. The molecule has 168 valence electrons. The number of unbranched alkanes of at least 4 members (excludes halogenated alkanes) is 1. The molecule has 0 radical (unpaired) electrons. The highest BCUT2D eigenvalue weighted by molar-refractivity contribution is 5.64. The zero-order valence-corrected chi connectivity index (χ0v) is 20.1. The second-order valence-electron chi connectivity index (χ2n) is 8.28. The lowest BCUT2D eigenvalue weighted by atomic mass is 9.92. The average Bonchev–Trinajstić information content (AvgIpc) is 2.75. The Balaban J connectivity index is 2.26. The summed E-state index contributed by atoms with van der Waals surface area (Å²) >= 11 is 0. The standard InChI is InChI=1S/C27H38N2O2/c1-8-11-16-30-27(6,15-9-2)23-13-12-14-24(19-23)31-26-18-21(4)25(17-22(26)5)28-20-29(7)10-3/h9,12-14,17-20H,2,8,10-11,15-16H2,1,3-7H3. The first kappa shape index (κ1) is 24.7. The molecule has 0 aromatic heterocycles. The van der Waals surface area contributed by atoms with Crippen molar-refractivity contribution in [2.75, 3.05) is 20.2 Å². The van der Waals surface area contributed by atoms with Crippen LogP contribution in [0.2, 0.25) is 0 Å². The number of ether oxygens (including phenoxy) is 2. The Hall–Kier alpha value is -2.59. The van der Waals surface area contributed by atoms with Crippen molar-refractivity contribution in [3.05, 3.63) is 65.7 Å². The van der Waals surface area contributed by atoms with Gasteiger partial charge in [0.25, 0.3) is 0 Å². The lowest BCUT2D eigenvalue weighted by molar-refractivity contribution is -0.0355. The van der Waals surface area contributed by atoms with E-state index in [9.17, 15) is 0 Å². The van der Waals surface area contributed by atoms with Gasteiger partial charge in [-0.05, 0) is 81.5 Å². The van der Waals surface area contributed by atoms with Crippen LogP contribution in [-0.4, -0.2) is 31.4 Å². The maximum atomic E-state index is 6.29. The number of rotatable bonds is 12. The fourth-order valence-corrected chi connectivity index (χ4v) is 3.26. The molecule has 2 aromatic rings. The van der Waals surface area contributed by atoms with Crippen molar-refractivity contribution in [1.82, 2.24) is 4.90 Å². The van der Waals surface area contributed by atoms with Crippen LogP contribution in [0.25, 0.3) is 0 Å². The number of hydrogen-bond donors (Lipinski definition) is 0. The second-order valence-corrected chi connectivity index (χ2v) is 8.28.